The fraction of sp³-hybridized carbons (Fsp3) is 0.429. The first-order valence-electron chi connectivity index (χ1n) is 5.37. The van der Waals surface area contributed by atoms with E-state index in [1.165, 1.54) is 30.4 Å². The molecule has 0 nitrogen and oxygen atoms in total. The van der Waals surface area contributed by atoms with Crippen molar-refractivity contribution in [1.82, 2.24) is 0 Å². The third-order valence-corrected chi connectivity index (χ3v) is 1.94. The maximum atomic E-state index is 3.36. The zero-order valence-electron chi connectivity index (χ0n) is 9.72. The summed E-state index contributed by atoms with van der Waals surface area (Å²) in [6.07, 6.45) is 5.58. The highest BCUT2D eigenvalue weighted by Gasteiger charge is 1.90. The third-order valence-electron chi connectivity index (χ3n) is 1.94. The van der Waals surface area contributed by atoms with Gasteiger partial charge in [0.25, 0.3) is 0 Å². The van der Waals surface area contributed by atoms with Crippen molar-refractivity contribution in [3.05, 3.63) is 48.0 Å². The molecule has 0 spiro atoms. The first-order valence-corrected chi connectivity index (χ1v) is 5.37. The molecule has 14 heavy (non-hydrogen) atoms. The second-order valence-corrected chi connectivity index (χ2v) is 3.50. The Morgan fingerprint density at radius 3 is 2.14 bits per heavy atom. The highest BCUT2D eigenvalue weighted by Crippen LogP contribution is 2.06. The fourth-order valence-electron chi connectivity index (χ4n) is 1.14. The summed E-state index contributed by atoms with van der Waals surface area (Å²) in [5.41, 5.74) is 2.82. The van der Waals surface area contributed by atoms with Crippen molar-refractivity contribution in [2.24, 2.45) is 0 Å². The summed E-state index contributed by atoms with van der Waals surface area (Å²) >= 11 is 0. The molecule has 1 aromatic carbocycles. The Morgan fingerprint density at radius 2 is 1.71 bits per heavy atom. The van der Waals surface area contributed by atoms with Gasteiger partial charge >= 0.3 is 0 Å². The maximum Gasteiger partial charge on any atom is -0.0279 e. The van der Waals surface area contributed by atoms with Crippen LogP contribution in [-0.2, 0) is 6.42 Å². The molecule has 0 aliphatic rings. The Balaban J connectivity index is 0.000000500. The van der Waals surface area contributed by atoms with Crippen LogP contribution in [0, 0.1) is 6.92 Å². The van der Waals surface area contributed by atoms with Crippen LogP contribution < -0.4 is 0 Å². The Kier molecular flexibility index (Phi) is 7.92. The minimum absolute atomic E-state index is 1.23. The monoisotopic (exact) mass is 190 g/mol. The van der Waals surface area contributed by atoms with Gasteiger partial charge in [0.1, 0.15) is 0 Å². The minimum atomic E-state index is 1.23. The van der Waals surface area contributed by atoms with Gasteiger partial charge in [-0.05, 0) is 32.3 Å². The predicted molar refractivity (Wildman–Crippen MR) is 65.7 cm³/mol. The number of unbranched alkanes of at least 4 members (excludes halogenated alkanes) is 1. The Bertz CT molecular complexity index is 231. The topological polar surface area (TPSA) is 0 Å². The number of aryl methyl sites for hydroxylation is 2. The fourth-order valence-corrected chi connectivity index (χ4v) is 1.14. The smallest absolute Gasteiger partial charge is 0.0279 e. The summed E-state index contributed by atoms with van der Waals surface area (Å²) in [6.45, 7) is 9.61. The summed E-state index contributed by atoms with van der Waals surface area (Å²) in [5, 5.41) is 0. The molecule has 0 aliphatic heterocycles. The second kappa shape index (κ2) is 8.55. The van der Waals surface area contributed by atoms with Gasteiger partial charge in [-0.3, -0.25) is 0 Å². The average molecular weight is 190 g/mol. The molecule has 0 amide bonds. The van der Waals surface area contributed by atoms with Gasteiger partial charge in [0.2, 0.25) is 0 Å². The molecule has 0 bridgehead atoms. The summed E-state index contributed by atoms with van der Waals surface area (Å²) in [7, 11) is 0. The lowest BCUT2D eigenvalue weighted by Crippen LogP contribution is -1.83. The van der Waals surface area contributed by atoms with Gasteiger partial charge in [-0.1, -0.05) is 49.2 Å². The molecule has 0 N–H and O–H groups in total. The van der Waals surface area contributed by atoms with E-state index >= 15 is 0 Å². The number of benzene rings is 1. The zero-order valence-corrected chi connectivity index (χ0v) is 9.72. The zero-order chi connectivity index (χ0) is 10.8. The maximum absolute atomic E-state index is 3.36. The molecule has 0 fully saturated rings. The standard InChI is InChI=1S/C11H16.C3H6/c1-3-4-5-11-8-6-10(2)7-9-11;1-3-2/h6-9H,3-5H2,1-2H3;3H,1H2,2H3. The molecule has 0 aromatic heterocycles. The lowest BCUT2D eigenvalue weighted by molar-refractivity contribution is 0.795. The van der Waals surface area contributed by atoms with Gasteiger partial charge in [0.05, 0.1) is 0 Å². The second-order valence-electron chi connectivity index (χ2n) is 3.50. The summed E-state index contributed by atoms with van der Waals surface area (Å²) in [6, 6.07) is 8.83. The van der Waals surface area contributed by atoms with Gasteiger partial charge in [0.15, 0.2) is 0 Å². The van der Waals surface area contributed by atoms with Crippen LogP contribution in [-0.4, -0.2) is 0 Å². The quantitative estimate of drug-likeness (QED) is 0.614. The van der Waals surface area contributed by atoms with Gasteiger partial charge in [-0.15, -0.1) is 6.58 Å². The van der Waals surface area contributed by atoms with Crippen LogP contribution in [0.3, 0.4) is 0 Å². The Hall–Kier alpha value is -1.04. The molecule has 0 atom stereocenters. The van der Waals surface area contributed by atoms with Crippen molar-refractivity contribution in [2.45, 2.75) is 40.0 Å². The number of hydrogen-bond donors (Lipinski definition) is 0. The van der Waals surface area contributed by atoms with Crippen molar-refractivity contribution in [2.75, 3.05) is 0 Å². The molecule has 0 saturated heterocycles. The van der Waals surface area contributed by atoms with E-state index in [9.17, 15) is 0 Å². The summed E-state index contributed by atoms with van der Waals surface area (Å²) in [4.78, 5) is 0. The van der Waals surface area contributed by atoms with Crippen molar-refractivity contribution in [3.8, 4) is 0 Å². The molecule has 1 aromatic rings. The molecule has 0 saturated carbocycles. The minimum Gasteiger partial charge on any atom is -0.103 e. The van der Waals surface area contributed by atoms with Crippen LogP contribution in [0.25, 0.3) is 0 Å². The van der Waals surface area contributed by atoms with E-state index < -0.39 is 0 Å². The van der Waals surface area contributed by atoms with E-state index in [0.29, 0.717) is 0 Å². The molecule has 78 valence electrons. The molecule has 0 heterocycles. The van der Waals surface area contributed by atoms with Crippen LogP contribution in [0.2, 0.25) is 0 Å². The van der Waals surface area contributed by atoms with Gasteiger partial charge < -0.3 is 0 Å². The molecule has 0 radical (unpaired) electrons. The van der Waals surface area contributed by atoms with Crippen molar-refractivity contribution < 1.29 is 0 Å². The van der Waals surface area contributed by atoms with E-state index in [1.807, 2.05) is 6.92 Å². The number of allylic oxidation sites excluding steroid dienone is 1. The van der Waals surface area contributed by atoms with Crippen LogP contribution in [0.15, 0.2) is 36.9 Å². The normalized spacial score (nSPS) is 8.79. The first-order chi connectivity index (χ1) is 6.74. The van der Waals surface area contributed by atoms with E-state index in [4.69, 9.17) is 0 Å². The number of rotatable bonds is 3. The van der Waals surface area contributed by atoms with Crippen LogP contribution in [0.4, 0.5) is 0 Å². The van der Waals surface area contributed by atoms with Gasteiger partial charge in [0, 0.05) is 0 Å². The largest absolute Gasteiger partial charge is 0.103 e. The number of hydrogen-bond acceptors (Lipinski definition) is 0. The van der Waals surface area contributed by atoms with Gasteiger partial charge in [-0.2, -0.15) is 0 Å². The third kappa shape index (κ3) is 6.47. The van der Waals surface area contributed by atoms with Crippen LogP contribution >= 0.6 is 0 Å². The molecule has 0 heteroatoms. The highest BCUT2D eigenvalue weighted by molar-refractivity contribution is 5.21. The van der Waals surface area contributed by atoms with E-state index in [-0.39, 0.29) is 0 Å². The predicted octanol–water partition coefficient (Wildman–Crippen LogP) is 4.53. The van der Waals surface area contributed by atoms with Crippen molar-refractivity contribution >= 4 is 0 Å². The molecular formula is C14H22. The van der Waals surface area contributed by atoms with Crippen LogP contribution in [0.5, 0.6) is 0 Å². The van der Waals surface area contributed by atoms with E-state index in [2.05, 4.69) is 44.7 Å². The lowest BCUT2D eigenvalue weighted by atomic mass is 10.1. The lowest BCUT2D eigenvalue weighted by Gasteiger charge is -1.99. The summed E-state index contributed by atoms with van der Waals surface area (Å²) in [5.74, 6) is 0. The van der Waals surface area contributed by atoms with Crippen LogP contribution in [0.1, 0.15) is 37.8 Å². The van der Waals surface area contributed by atoms with Crippen molar-refractivity contribution in [3.63, 3.8) is 0 Å². The average Bonchev–Trinajstić information content (AvgIpc) is 2.18. The Labute approximate surface area is 88.7 Å². The van der Waals surface area contributed by atoms with E-state index in [1.54, 1.807) is 6.08 Å². The Morgan fingerprint density at radius 1 is 1.21 bits per heavy atom. The molecule has 0 unspecified atom stereocenters. The highest BCUT2D eigenvalue weighted by atomic mass is 14.0. The van der Waals surface area contributed by atoms with Crippen molar-refractivity contribution in [1.29, 1.82) is 0 Å². The van der Waals surface area contributed by atoms with Gasteiger partial charge in [-0.25, -0.2) is 0 Å². The molecular weight excluding hydrogens is 168 g/mol. The molecule has 0 aliphatic carbocycles. The van der Waals surface area contributed by atoms with E-state index in [0.717, 1.165) is 0 Å². The first kappa shape index (κ1) is 13.0. The molecule has 1 rings (SSSR count). The summed E-state index contributed by atoms with van der Waals surface area (Å²) < 4.78 is 0. The SMILES string of the molecule is C=CC.CCCCc1ccc(C)cc1.